The number of halogens is 1. The van der Waals surface area contributed by atoms with Crippen LogP contribution in [0.5, 0.6) is 11.5 Å². The van der Waals surface area contributed by atoms with Gasteiger partial charge in [0.25, 0.3) is 0 Å². The summed E-state index contributed by atoms with van der Waals surface area (Å²) in [5.41, 5.74) is 1.36. The molecule has 3 aromatic rings. The van der Waals surface area contributed by atoms with Gasteiger partial charge in [0.2, 0.25) is 5.91 Å². The lowest BCUT2D eigenvalue weighted by molar-refractivity contribution is -0.113. The molecule has 0 unspecified atom stereocenters. The van der Waals surface area contributed by atoms with Crippen LogP contribution in [0.25, 0.3) is 5.69 Å². The maximum absolute atomic E-state index is 13.5. The van der Waals surface area contributed by atoms with Crippen LogP contribution in [0.3, 0.4) is 0 Å². The van der Waals surface area contributed by atoms with Gasteiger partial charge in [0.15, 0.2) is 22.5 Å². The standard InChI is InChI=1S/C22H24FN5O3S/c1-14(27(2)3)21-25-26-22(28(21)17-7-4-15(23)5-8-17)32-13-20(29)24-16-6-9-18-19(12-16)31-11-10-30-18/h4-9,12,14H,10-11,13H2,1-3H3,(H,24,29)/t14-/m1/s1. The predicted molar refractivity (Wildman–Crippen MR) is 120 cm³/mol. The van der Waals surface area contributed by atoms with Gasteiger partial charge < -0.3 is 14.8 Å². The van der Waals surface area contributed by atoms with E-state index in [4.69, 9.17) is 9.47 Å². The molecule has 1 aliphatic heterocycles. The molecule has 0 saturated carbocycles. The molecule has 1 aromatic heterocycles. The first-order valence-electron chi connectivity index (χ1n) is 10.1. The van der Waals surface area contributed by atoms with Crippen LogP contribution in [0.4, 0.5) is 10.1 Å². The lowest BCUT2D eigenvalue weighted by Gasteiger charge is -2.20. The van der Waals surface area contributed by atoms with E-state index in [9.17, 15) is 9.18 Å². The number of carbonyl (C=O) groups excluding carboxylic acids is 1. The van der Waals surface area contributed by atoms with Crippen molar-refractivity contribution in [3.05, 3.63) is 54.1 Å². The molecule has 0 aliphatic carbocycles. The molecule has 0 radical (unpaired) electrons. The molecular formula is C22H24FN5O3S. The molecule has 4 rings (SSSR count). The number of hydrogen-bond acceptors (Lipinski definition) is 7. The van der Waals surface area contributed by atoms with Gasteiger partial charge in [0, 0.05) is 17.4 Å². The Kier molecular flexibility index (Phi) is 6.61. The van der Waals surface area contributed by atoms with E-state index in [0.717, 1.165) is 5.69 Å². The van der Waals surface area contributed by atoms with Crippen molar-refractivity contribution in [3.8, 4) is 17.2 Å². The average Bonchev–Trinajstić information content (AvgIpc) is 3.21. The van der Waals surface area contributed by atoms with E-state index < -0.39 is 0 Å². The van der Waals surface area contributed by atoms with Gasteiger partial charge in [-0.3, -0.25) is 14.3 Å². The number of nitrogens with one attached hydrogen (secondary N) is 1. The molecule has 1 atom stereocenters. The molecule has 0 bridgehead atoms. The topological polar surface area (TPSA) is 81.5 Å². The predicted octanol–water partition coefficient (Wildman–Crippen LogP) is 3.53. The summed E-state index contributed by atoms with van der Waals surface area (Å²) in [7, 11) is 3.89. The van der Waals surface area contributed by atoms with Crippen LogP contribution in [0.1, 0.15) is 18.8 Å². The third kappa shape index (κ3) is 4.86. The molecule has 0 saturated heterocycles. The number of rotatable bonds is 7. The molecule has 10 heteroatoms. The molecular weight excluding hydrogens is 433 g/mol. The minimum absolute atomic E-state index is 0.0338. The minimum atomic E-state index is -0.322. The van der Waals surface area contributed by atoms with Crippen molar-refractivity contribution < 1.29 is 18.7 Å². The number of thioether (sulfide) groups is 1. The summed E-state index contributed by atoms with van der Waals surface area (Å²) in [6.07, 6.45) is 0. The van der Waals surface area contributed by atoms with E-state index in [2.05, 4.69) is 15.5 Å². The van der Waals surface area contributed by atoms with E-state index >= 15 is 0 Å². The first-order chi connectivity index (χ1) is 15.4. The molecule has 2 aromatic carbocycles. The molecule has 0 fully saturated rings. The number of anilines is 1. The molecule has 1 N–H and O–H groups in total. The summed E-state index contributed by atoms with van der Waals surface area (Å²) in [5.74, 6) is 1.60. The maximum Gasteiger partial charge on any atom is 0.234 e. The summed E-state index contributed by atoms with van der Waals surface area (Å²) >= 11 is 1.26. The second kappa shape index (κ2) is 9.58. The van der Waals surface area contributed by atoms with Crippen LogP contribution in [0.2, 0.25) is 0 Å². The third-order valence-electron chi connectivity index (χ3n) is 5.05. The fourth-order valence-electron chi connectivity index (χ4n) is 3.16. The van der Waals surface area contributed by atoms with Crippen LogP contribution < -0.4 is 14.8 Å². The van der Waals surface area contributed by atoms with Crippen LogP contribution >= 0.6 is 11.8 Å². The number of carbonyl (C=O) groups is 1. The fraction of sp³-hybridized carbons (Fsp3) is 0.318. The summed E-state index contributed by atoms with van der Waals surface area (Å²) in [5, 5.41) is 12.1. The van der Waals surface area contributed by atoms with Crippen molar-refractivity contribution in [1.82, 2.24) is 19.7 Å². The number of aromatic nitrogens is 3. The van der Waals surface area contributed by atoms with E-state index in [1.165, 1.54) is 23.9 Å². The van der Waals surface area contributed by atoms with Crippen molar-refractivity contribution in [1.29, 1.82) is 0 Å². The zero-order chi connectivity index (χ0) is 22.7. The first kappa shape index (κ1) is 22.1. The molecule has 168 valence electrons. The van der Waals surface area contributed by atoms with Crippen molar-refractivity contribution in [2.75, 3.05) is 38.4 Å². The lowest BCUT2D eigenvalue weighted by atomic mass is 10.2. The monoisotopic (exact) mass is 457 g/mol. The molecule has 32 heavy (non-hydrogen) atoms. The Morgan fingerprint density at radius 2 is 1.88 bits per heavy atom. The van der Waals surface area contributed by atoms with Crippen molar-refractivity contribution in [2.24, 2.45) is 0 Å². The Labute approximate surface area is 189 Å². The third-order valence-corrected chi connectivity index (χ3v) is 5.98. The quantitative estimate of drug-likeness (QED) is 0.544. The Morgan fingerprint density at radius 1 is 1.16 bits per heavy atom. The van der Waals surface area contributed by atoms with Crippen LogP contribution in [-0.4, -0.2) is 58.6 Å². The Hall–Kier alpha value is -3.11. The van der Waals surface area contributed by atoms with Crippen LogP contribution in [0, 0.1) is 5.82 Å². The highest BCUT2D eigenvalue weighted by atomic mass is 32.2. The second-order valence-electron chi connectivity index (χ2n) is 7.49. The largest absolute Gasteiger partial charge is 0.486 e. The number of nitrogens with zero attached hydrogens (tertiary/aromatic N) is 4. The van der Waals surface area contributed by atoms with E-state index in [0.29, 0.717) is 41.4 Å². The fourth-order valence-corrected chi connectivity index (χ4v) is 3.92. The summed E-state index contributed by atoms with van der Waals surface area (Å²) in [6.45, 7) is 3.00. The Balaban J connectivity index is 1.50. The van der Waals surface area contributed by atoms with Crippen molar-refractivity contribution in [2.45, 2.75) is 18.1 Å². The smallest absolute Gasteiger partial charge is 0.234 e. The van der Waals surface area contributed by atoms with Crippen LogP contribution in [0.15, 0.2) is 47.6 Å². The Morgan fingerprint density at radius 3 is 2.59 bits per heavy atom. The molecule has 1 aliphatic rings. The van der Waals surface area contributed by atoms with Gasteiger partial charge >= 0.3 is 0 Å². The van der Waals surface area contributed by atoms with E-state index in [-0.39, 0.29) is 23.5 Å². The number of hydrogen-bond donors (Lipinski definition) is 1. The van der Waals surface area contributed by atoms with Gasteiger partial charge in [-0.15, -0.1) is 10.2 Å². The molecule has 8 nitrogen and oxygen atoms in total. The van der Waals surface area contributed by atoms with Gasteiger partial charge in [-0.1, -0.05) is 11.8 Å². The van der Waals surface area contributed by atoms with Gasteiger partial charge in [0.05, 0.1) is 11.8 Å². The van der Waals surface area contributed by atoms with Crippen LogP contribution in [-0.2, 0) is 4.79 Å². The van der Waals surface area contributed by atoms with Gasteiger partial charge in [-0.25, -0.2) is 4.39 Å². The number of benzene rings is 2. The Bertz CT molecular complexity index is 1100. The maximum atomic E-state index is 13.5. The normalized spacial score (nSPS) is 13.8. The van der Waals surface area contributed by atoms with Gasteiger partial charge in [0.1, 0.15) is 19.0 Å². The summed E-state index contributed by atoms with van der Waals surface area (Å²) in [4.78, 5) is 14.6. The van der Waals surface area contributed by atoms with Gasteiger partial charge in [-0.05, 0) is 57.4 Å². The molecule has 0 spiro atoms. The van der Waals surface area contributed by atoms with Crippen molar-refractivity contribution >= 4 is 23.4 Å². The number of amides is 1. The highest BCUT2D eigenvalue weighted by Crippen LogP contribution is 2.33. The SMILES string of the molecule is C[C@H](c1nnc(SCC(=O)Nc2ccc3c(c2)OCCO3)n1-c1ccc(F)cc1)N(C)C. The highest BCUT2D eigenvalue weighted by molar-refractivity contribution is 7.99. The lowest BCUT2D eigenvalue weighted by Crippen LogP contribution is -2.21. The highest BCUT2D eigenvalue weighted by Gasteiger charge is 2.22. The van der Waals surface area contributed by atoms with Gasteiger partial charge in [-0.2, -0.15) is 0 Å². The molecule has 2 heterocycles. The second-order valence-corrected chi connectivity index (χ2v) is 8.43. The van der Waals surface area contributed by atoms with E-state index in [1.54, 1.807) is 30.3 Å². The zero-order valence-electron chi connectivity index (χ0n) is 18.0. The van der Waals surface area contributed by atoms with E-state index in [1.807, 2.05) is 30.5 Å². The zero-order valence-corrected chi connectivity index (χ0v) is 18.9. The minimum Gasteiger partial charge on any atom is -0.486 e. The summed E-state index contributed by atoms with van der Waals surface area (Å²) in [6, 6.07) is 11.4. The van der Waals surface area contributed by atoms with Crippen molar-refractivity contribution in [3.63, 3.8) is 0 Å². The number of ether oxygens (including phenoxy) is 2. The number of fused-ring (bicyclic) bond motifs is 1. The molecule has 1 amide bonds. The average molecular weight is 458 g/mol. The summed E-state index contributed by atoms with van der Waals surface area (Å²) < 4.78 is 26.4. The first-order valence-corrected chi connectivity index (χ1v) is 11.1.